The Morgan fingerprint density at radius 2 is 2.29 bits per heavy atom. The smallest absolute Gasteiger partial charge is 0.344 e. The normalized spacial score (nSPS) is 35.2. The molecule has 0 aromatic rings. The molecule has 21 heavy (non-hydrogen) atoms. The third-order valence-corrected chi connectivity index (χ3v) is 3.94. The summed E-state index contributed by atoms with van der Waals surface area (Å²) in [6.07, 6.45) is 0.131. The molecule has 2 fully saturated rings. The number of hydrogen-bond donors (Lipinski definition) is 0. The molecule has 9 heteroatoms. The summed E-state index contributed by atoms with van der Waals surface area (Å²) >= 11 is -2.61. The lowest BCUT2D eigenvalue weighted by atomic mass is 9.84. The molecule has 2 aliphatic heterocycles. The molecule has 2 saturated heterocycles. The van der Waals surface area contributed by atoms with Gasteiger partial charge in [0.1, 0.15) is 17.8 Å². The van der Waals surface area contributed by atoms with Crippen LogP contribution in [0.3, 0.4) is 0 Å². The van der Waals surface area contributed by atoms with E-state index in [4.69, 9.17) is 13.7 Å². The maximum Gasteiger partial charge on any atom is 0.344 e. The summed E-state index contributed by atoms with van der Waals surface area (Å²) in [5.74, 6) is -1.42. The van der Waals surface area contributed by atoms with Crippen LogP contribution >= 0.6 is 0 Å². The van der Waals surface area contributed by atoms with Crippen LogP contribution in [0.1, 0.15) is 19.8 Å². The van der Waals surface area contributed by atoms with E-state index < -0.39 is 53.8 Å². The molecule has 2 bridgehead atoms. The summed E-state index contributed by atoms with van der Waals surface area (Å²) < 4.78 is 41.2. The van der Waals surface area contributed by atoms with Gasteiger partial charge in [-0.15, -0.1) is 0 Å². The van der Waals surface area contributed by atoms with Crippen molar-refractivity contribution in [1.29, 1.82) is 0 Å². The van der Waals surface area contributed by atoms with Gasteiger partial charge in [-0.3, -0.25) is 4.18 Å². The Morgan fingerprint density at radius 1 is 1.57 bits per heavy atom. The van der Waals surface area contributed by atoms with Crippen LogP contribution in [0, 0.1) is 0 Å². The highest BCUT2D eigenvalue weighted by Crippen LogP contribution is 2.45. The summed E-state index contributed by atoms with van der Waals surface area (Å²) in [6.45, 7) is 4.39. The second-order valence-electron chi connectivity index (χ2n) is 5.04. The van der Waals surface area contributed by atoms with Gasteiger partial charge in [-0.25, -0.2) is 13.8 Å². The largest absolute Gasteiger partial charge is 0.750 e. The van der Waals surface area contributed by atoms with Gasteiger partial charge in [0, 0.05) is 18.9 Å². The van der Waals surface area contributed by atoms with Gasteiger partial charge in [-0.2, -0.15) is 0 Å². The summed E-state index contributed by atoms with van der Waals surface area (Å²) in [5.41, 5.74) is -0.882. The van der Waals surface area contributed by atoms with E-state index in [-0.39, 0.29) is 0 Å². The number of carbonyl (C=O) groups excluding carboxylic acids is 2. The van der Waals surface area contributed by atoms with E-state index in [1.54, 1.807) is 6.92 Å². The molecule has 0 saturated carbocycles. The van der Waals surface area contributed by atoms with Crippen LogP contribution in [0.5, 0.6) is 0 Å². The molecule has 118 valence electrons. The lowest BCUT2D eigenvalue weighted by molar-refractivity contribution is -0.172. The van der Waals surface area contributed by atoms with E-state index in [1.165, 1.54) is 0 Å². The first-order chi connectivity index (χ1) is 9.84. The van der Waals surface area contributed by atoms with Gasteiger partial charge in [-0.05, 0) is 6.92 Å². The van der Waals surface area contributed by atoms with E-state index in [0.717, 1.165) is 6.08 Å². The third-order valence-electron chi connectivity index (χ3n) is 3.54. The van der Waals surface area contributed by atoms with Crippen LogP contribution in [0.2, 0.25) is 0 Å². The zero-order chi connectivity index (χ0) is 15.6. The Morgan fingerprint density at radius 3 is 2.81 bits per heavy atom. The molecule has 0 aliphatic carbocycles. The van der Waals surface area contributed by atoms with E-state index in [9.17, 15) is 18.4 Å². The van der Waals surface area contributed by atoms with Crippen molar-refractivity contribution < 1.29 is 36.7 Å². The number of carbonyl (C=O) groups is 2. The van der Waals surface area contributed by atoms with Crippen molar-refractivity contribution >= 4 is 23.3 Å². The first kappa shape index (κ1) is 16.1. The van der Waals surface area contributed by atoms with Gasteiger partial charge >= 0.3 is 11.9 Å². The third kappa shape index (κ3) is 3.67. The quantitative estimate of drug-likeness (QED) is 0.374. The standard InChI is InChI=1S/C12H16O8S/c1-3-10(13)17-6-11(14)19-12(2)5-8-7(20-21(15)16)4-9(12)18-8/h3,7-9H,1,4-6H2,2H3,(H,15,16)/p-1. The van der Waals surface area contributed by atoms with E-state index in [2.05, 4.69) is 11.3 Å². The van der Waals surface area contributed by atoms with Gasteiger partial charge < -0.3 is 18.8 Å². The molecule has 0 aromatic carbocycles. The van der Waals surface area contributed by atoms with Crippen LogP contribution in [0.4, 0.5) is 0 Å². The van der Waals surface area contributed by atoms with Crippen molar-refractivity contribution in [3.05, 3.63) is 12.7 Å². The van der Waals surface area contributed by atoms with Crippen molar-refractivity contribution in [3.63, 3.8) is 0 Å². The fourth-order valence-corrected chi connectivity index (χ4v) is 3.01. The molecule has 8 nitrogen and oxygen atoms in total. The summed E-state index contributed by atoms with van der Waals surface area (Å²) in [5, 5.41) is 0. The molecular formula is C12H15O8S-. The molecule has 0 aromatic heterocycles. The average molecular weight is 319 g/mol. The van der Waals surface area contributed by atoms with Crippen molar-refractivity contribution in [1.82, 2.24) is 0 Å². The van der Waals surface area contributed by atoms with E-state index in [1.807, 2.05) is 0 Å². The highest BCUT2D eigenvalue weighted by atomic mass is 32.2. The van der Waals surface area contributed by atoms with Gasteiger partial charge in [0.25, 0.3) is 0 Å². The van der Waals surface area contributed by atoms with Crippen LogP contribution in [0.15, 0.2) is 12.7 Å². The Kier molecular flexibility index (Phi) is 4.77. The molecule has 5 atom stereocenters. The monoisotopic (exact) mass is 319 g/mol. The highest BCUT2D eigenvalue weighted by molar-refractivity contribution is 7.74. The van der Waals surface area contributed by atoms with Crippen molar-refractivity contribution in [3.8, 4) is 0 Å². The topological polar surface area (TPSA) is 111 Å². The first-order valence-electron chi connectivity index (χ1n) is 6.27. The lowest BCUT2D eigenvalue weighted by Crippen LogP contribution is -2.45. The SMILES string of the molecule is C=CC(=O)OCC(=O)OC1(C)CC2OC1CC2OS(=O)[O-]. The number of hydrogen-bond acceptors (Lipinski definition) is 8. The summed E-state index contributed by atoms with van der Waals surface area (Å²) in [6, 6.07) is 0. The molecule has 2 rings (SSSR count). The van der Waals surface area contributed by atoms with E-state index >= 15 is 0 Å². The molecule has 2 heterocycles. The minimum absolute atomic E-state index is 0.314. The molecule has 2 aliphatic rings. The maximum absolute atomic E-state index is 11.6. The molecule has 0 radical (unpaired) electrons. The average Bonchev–Trinajstić information content (AvgIpc) is 2.91. The number of ether oxygens (including phenoxy) is 3. The highest BCUT2D eigenvalue weighted by Gasteiger charge is 2.57. The van der Waals surface area contributed by atoms with Crippen LogP contribution in [0.25, 0.3) is 0 Å². The van der Waals surface area contributed by atoms with Crippen LogP contribution in [-0.4, -0.2) is 51.2 Å². The number of rotatable bonds is 6. The lowest BCUT2D eigenvalue weighted by Gasteiger charge is -2.33. The summed E-state index contributed by atoms with van der Waals surface area (Å²) in [4.78, 5) is 22.5. The molecule has 5 unspecified atom stereocenters. The number of esters is 2. The van der Waals surface area contributed by atoms with Gasteiger partial charge in [0.15, 0.2) is 6.61 Å². The van der Waals surface area contributed by atoms with E-state index in [0.29, 0.717) is 12.8 Å². The molecular weight excluding hydrogens is 304 g/mol. The van der Waals surface area contributed by atoms with Crippen LogP contribution in [-0.2, 0) is 39.3 Å². The summed E-state index contributed by atoms with van der Waals surface area (Å²) in [7, 11) is 0. The zero-order valence-electron chi connectivity index (χ0n) is 11.3. The minimum Gasteiger partial charge on any atom is -0.750 e. The Labute approximate surface area is 123 Å². The molecule has 0 spiro atoms. The maximum atomic E-state index is 11.6. The van der Waals surface area contributed by atoms with Gasteiger partial charge in [0.05, 0.1) is 17.5 Å². The van der Waals surface area contributed by atoms with Crippen molar-refractivity contribution in [2.45, 2.75) is 43.7 Å². The predicted octanol–water partition coefficient (Wildman–Crippen LogP) is -0.242. The fourth-order valence-electron chi connectivity index (χ4n) is 2.61. The number of fused-ring (bicyclic) bond motifs is 2. The Balaban J connectivity index is 1.85. The first-order valence-corrected chi connectivity index (χ1v) is 7.27. The van der Waals surface area contributed by atoms with Gasteiger partial charge in [0.2, 0.25) is 0 Å². The fraction of sp³-hybridized carbons (Fsp3) is 0.667. The van der Waals surface area contributed by atoms with Crippen LogP contribution < -0.4 is 0 Å². The van der Waals surface area contributed by atoms with Crippen molar-refractivity contribution in [2.75, 3.05) is 6.61 Å². The molecule has 0 N–H and O–H groups in total. The van der Waals surface area contributed by atoms with Crippen molar-refractivity contribution in [2.24, 2.45) is 0 Å². The second-order valence-corrected chi connectivity index (χ2v) is 5.64. The van der Waals surface area contributed by atoms with Gasteiger partial charge in [-0.1, -0.05) is 6.58 Å². The molecule has 0 amide bonds. The predicted molar refractivity (Wildman–Crippen MR) is 67.3 cm³/mol. The Hall–Kier alpha value is -1.29. The minimum atomic E-state index is -2.61. The Bertz CT molecular complexity index is 478. The second kappa shape index (κ2) is 6.22. The zero-order valence-corrected chi connectivity index (χ0v) is 12.1.